The molecule has 1 N–H and O–H groups in total. The van der Waals surface area contributed by atoms with Crippen LogP contribution in [0.5, 0.6) is 0 Å². The smallest absolute Gasteiger partial charge is 0.416 e. The van der Waals surface area contributed by atoms with Crippen molar-refractivity contribution in [2.45, 2.75) is 18.6 Å². The number of ether oxygens (including phenoxy) is 1. The number of carbonyl (C=O) groups is 1. The van der Waals surface area contributed by atoms with Gasteiger partial charge in [-0.25, -0.2) is 4.79 Å². The van der Waals surface area contributed by atoms with Gasteiger partial charge in [0.15, 0.2) is 0 Å². The number of likely N-dealkylation sites (N-methyl/N-ethyl adjacent to an activating group) is 1. The second kappa shape index (κ2) is 7.34. The maximum atomic E-state index is 13.0. The molecule has 3 aromatic rings. The fourth-order valence-corrected chi connectivity index (χ4v) is 3.10. The number of alkyl halides is 3. The van der Waals surface area contributed by atoms with E-state index in [9.17, 15) is 18.0 Å². The van der Waals surface area contributed by atoms with E-state index in [4.69, 9.17) is 4.74 Å². The number of rotatable bonds is 5. The van der Waals surface area contributed by atoms with Crippen LogP contribution in [0, 0.1) is 0 Å². The van der Waals surface area contributed by atoms with Crippen molar-refractivity contribution in [3.05, 3.63) is 65.9 Å². The Hall–Kier alpha value is -2.96. The van der Waals surface area contributed by atoms with Gasteiger partial charge in [-0.3, -0.25) is 0 Å². The predicted octanol–water partition coefficient (Wildman–Crippen LogP) is 4.41. The number of aromatic nitrogens is 1. The number of H-pyrrole nitrogens is 1. The monoisotopic (exact) mass is 376 g/mol. The number of benzene rings is 2. The van der Waals surface area contributed by atoms with Crippen molar-refractivity contribution in [3.8, 4) is 0 Å². The zero-order chi connectivity index (χ0) is 19.6. The summed E-state index contributed by atoms with van der Waals surface area (Å²) >= 11 is 0. The fraction of sp³-hybridized carbons (Fsp3) is 0.250. The molecule has 0 saturated carbocycles. The average Bonchev–Trinajstić information content (AvgIpc) is 3.07. The molecule has 142 valence electrons. The Morgan fingerprint density at radius 2 is 1.93 bits per heavy atom. The third kappa shape index (κ3) is 3.92. The first-order valence-corrected chi connectivity index (χ1v) is 8.34. The van der Waals surface area contributed by atoms with Crippen molar-refractivity contribution in [1.82, 2.24) is 4.98 Å². The molecule has 0 fully saturated rings. The number of esters is 1. The molecular formula is C20H19F3N2O2. The molecule has 2 aromatic carbocycles. The first kappa shape index (κ1) is 18.8. The van der Waals surface area contributed by atoms with Gasteiger partial charge in [-0.15, -0.1) is 0 Å². The SMILES string of the molecule is COC(=O)[C@H](Cc1c[nH]c2ccccc12)N(C)c1cccc(C(F)(F)F)c1. The largest absolute Gasteiger partial charge is 0.467 e. The van der Waals surface area contributed by atoms with Crippen LogP contribution in [0.3, 0.4) is 0 Å². The minimum atomic E-state index is -4.45. The second-order valence-corrected chi connectivity index (χ2v) is 6.26. The number of hydrogen-bond donors (Lipinski definition) is 1. The summed E-state index contributed by atoms with van der Waals surface area (Å²) in [6, 6.07) is 11.8. The Bertz CT molecular complexity index is 950. The third-order valence-corrected chi connectivity index (χ3v) is 4.61. The first-order valence-electron chi connectivity index (χ1n) is 8.34. The summed E-state index contributed by atoms with van der Waals surface area (Å²) in [5.74, 6) is -0.514. The number of hydrogen-bond acceptors (Lipinski definition) is 3. The predicted molar refractivity (Wildman–Crippen MR) is 97.7 cm³/mol. The highest BCUT2D eigenvalue weighted by atomic mass is 19.4. The van der Waals surface area contributed by atoms with Crippen LogP contribution in [0.25, 0.3) is 10.9 Å². The van der Waals surface area contributed by atoms with Crippen LogP contribution in [0.1, 0.15) is 11.1 Å². The zero-order valence-electron chi connectivity index (χ0n) is 14.9. The average molecular weight is 376 g/mol. The molecule has 1 atom stereocenters. The highest BCUT2D eigenvalue weighted by molar-refractivity contribution is 5.85. The molecule has 1 aromatic heterocycles. The van der Waals surface area contributed by atoms with Gasteiger partial charge in [-0.1, -0.05) is 24.3 Å². The molecule has 0 aliphatic carbocycles. The molecule has 0 radical (unpaired) electrons. The number of halogens is 3. The molecule has 4 nitrogen and oxygen atoms in total. The van der Waals surface area contributed by atoms with Gasteiger partial charge in [0.05, 0.1) is 12.7 Å². The lowest BCUT2D eigenvalue weighted by atomic mass is 10.0. The number of para-hydroxylation sites is 1. The van der Waals surface area contributed by atoms with Crippen LogP contribution in [-0.2, 0) is 22.1 Å². The van der Waals surface area contributed by atoms with Gasteiger partial charge in [0.2, 0.25) is 0 Å². The molecule has 0 unspecified atom stereocenters. The van der Waals surface area contributed by atoms with Crippen LogP contribution in [0.4, 0.5) is 18.9 Å². The third-order valence-electron chi connectivity index (χ3n) is 4.61. The van der Waals surface area contributed by atoms with Gasteiger partial charge in [-0.05, 0) is 29.8 Å². The van der Waals surface area contributed by atoms with Crippen molar-refractivity contribution in [2.24, 2.45) is 0 Å². The van der Waals surface area contributed by atoms with Crippen molar-refractivity contribution < 1.29 is 22.7 Å². The molecule has 0 amide bonds. The molecule has 3 rings (SSSR count). The Labute approximate surface area is 154 Å². The lowest BCUT2D eigenvalue weighted by molar-refractivity contribution is -0.142. The number of carbonyl (C=O) groups excluding carboxylic acids is 1. The highest BCUT2D eigenvalue weighted by Crippen LogP contribution is 2.32. The molecule has 0 aliphatic rings. The molecule has 0 saturated heterocycles. The number of nitrogens with zero attached hydrogens (tertiary/aromatic N) is 1. The summed E-state index contributed by atoms with van der Waals surface area (Å²) in [5.41, 5.74) is 1.35. The normalized spacial score (nSPS) is 12.8. The second-order valence-electron chi connectivity index (χ2n) is 6.26. The van der Waals surface area contributed by atoms with Crippen molar-refractivity contribution in [2.75, 3.05) is 19.1 Å². The quantitative estimate of drug-likeness (QED) is 0.671. The van der Waals surface area contributed by atoms with Crippen LogP contribution in [0.2, 0.25) is 0 Å². The van der Waals surface area contributed by atoms with E-state index < -0.39 is 23.8 Å². The van der Waals surface area contributed by atoms with Crippen molar-refractivity contribution in [3.63, 3.8) is 0 Å². The lowest BCUT2D eigenvalue weighted by Crippen LogP contribution is -2.41. The molecule has 1 heterocycles. The fourth-order valence-electron chi connectivity index (χ4n) is 3.10. The van der Waals surface area contributed by atoms with Crippen molar-refractivity contribution >= 4 is 22.6 Å². The summed E-state index contributed by atoms with van der Waals surface area (Å²) in [5, 5.41) is 0.962. The maximum absolute atomic E-state index is 13.0. The number of anilines is 1. The molecule has 0 aliphatic heterocycles. The van der Waals surface area contributed by atoms with Gasteiger partial charge < -0.3 is 14.6 Å². The van der Waals surface area contributed by atoms with E-state index in [-0.39, 0.29) is 0 Å². The Morgan fingerprint density at radius 3 is 2.63 bits per heavy atom. The molecule has 0 bridgehead atoms. The summed E-state index contributed by atoms with van der Waals surface area (Å²) in [6.45, 7) is 0. The van der Waals surface area contributed by atoms with E-state index in [0.29, 0.717) is 12.1 Å². The van der Waals surface area contributed by atoms with Gasteiger partial charge in [0.1, 0.15) is 6.04 Å². The minimum absolute atomic E-state index is 0.292. The van der Waals surface area contributed by atoms with E-state index in [1.807, 2.05) is 24.3 Å². The maximum Gasteiger partial charge on any atom is 0.416 e. The minimum Gasteiger partial charge on any atom is -0.467 e. The van der Waals surface area contributed by atoms with E-state index >= 15 is 0 Å². The van der Waals surface area contributed by atoms with Crippen molar-refractivity contribution in [1.29, 1.82) is 0 Å². The zero-order valence-corrected chi connectivity index (χ0v) is 14.9. The standard InChI is InChI=1S/C20H19F3N2O2/c1-25(15-7-5-6-14(11-15)20(21,22)23)18(19(26)27-2)10-13-12-24-17-9-4-3-8-16(13)17/h3-9,11-12,18,24H,10H2,1-2H3/t18-/m0/s1. The number of fused-ring (bicyclic) bond motifs is 1. The van der Waals surface area contributed by atoms with E-state index in [0.717, 1.165) is 28.6 Å². The van der Waals surface area contributed by atoms with Gasteiger partial charge in [0.25, 0.3) is 0 Å². The summed E-state index contributed by atoms with van der Waals surface area (Å²) in [4.78, 5) is 17.0. The van der Waals surface area contributed by atoms with Gasteiger partial charge >= 0.3 is 12.1 Å². The summed E-state index contributed by atoms with van der Waals surface area (Å²) < 4.78 is 44.0. The number of nitrogens with one attached hydrogen (secondary N) is 1. The Balaban J connectivity index is 1.94. The lowest BCUT2D eigenvalue weighted by Gasteiger charge is -2.28. The molecule has 7 heteroatoms. The molecule has 0 spiro atoms. The van der Waals surface area contributed by atoms with Gasteiger partial charge in [0, 0.05) is 36.3 Å². The van der Waals surface area contributed by atoms with E-state index in [1.54, 1.807) is 19.3 Å². The van der Waals surface area contributed by atoms with E-state index in [2.05, 4.69) is 4.98 Å². The van der Waals surface area contributed by atoms with Crippen LogP contribution < -0.4 is 4.90 Å². The van der Waals surface area contributed by atoms with Crippen LogP contribution in [-0.4, -0.2) is 31.2 Å². The molecular weight excluding hydrogens is 357 g/mol. The Morgan fingerprint density at radius 1 is 1.19 bits per heavy atom. The van der Waals surface area contributed by atoms with E-state index in [1.165, 1.54) is 18.1 Å². The topological polar surface area (TPSA) is 45.3 Å². The summed E-state index contributed by atoms with van der Waals surface area (Å²) in [7, 11) is 2.86. The number of aromatic amines is 1. The highest BCUT2D eigenvalue weighted by Gasteiger charge is 2.32. The Kier molecular flexibility index (Phi) is 5.12. The summed E-state index contributed by atoms with van der Waals surface area (Å²) in [6.07, 6.45) is -2.35. The van der Waals surface area contributed by atoms with Crippen LogP contribution >= 0.6 is 0 Å². The molecule has 27 heavy (non-hydrogen) atoms. The number of methoxy groups -OCH3 is 1. The van der Waals surface area contributed by atoms with Gasteiger partial charge in [-0.2, -0.15) is 13.2 Å². The first-order chi connectivity index (χ1) is 12.8. The van der Waals surface area contributed by atoms with Crippen LogP contribution in [0.15, 0.2) is 54.7 Å².